The lowest BCUT2D eigenvalue weighted by Gasteiger charge is -2.56. The first-order valence-electron chi connectivity index (χ1n) is 6.78. The Morgan fingerprint density at radius 3 is 2.55 bits per heavy atom. The van der Waals surface area contributed by atoms with Gasteiger partial charge in [0.1, 0.15) is 0 Å². The molecule has 0 heterocycles. The maximum atomic E-state index is 13.3. The number of aliphatic carboxylic acids is 1. The third kappa shape index (κ3) is 1.70. The van der Waals surface area contributed by atoms with Gasteiger partial charge in [-0.2, -0.15) is 8.78 Å². The molecule has 5 aliphatic carbocycles. The molecule has 20 heavy (non-hydrogen) atoms. The minimum absolute atomic E-state index is 0.394. The molecule has 0 saturated heterocycles. The van der Waals surface area contributed by atoms with E-state index in [2.05, 4.69) is 0 Å². The zero-order chi connectivity index (χ0) is 14.7. The molecule has 110 valence electrons. The number of carbonyl (C=O) groups excluding carboxylic acids is 1. The number of fused-ring (bicyclic) bond motifs is 1. The van der Waals surface area contributed by atoms with Crippen LogP contribution in [0.5, 0.6) is 0 Å². The van der Waals surface area contributed by atoms with Gasteiger partial charge in [0.25, 0.3) is 0 Å². The second-order valence-electron chi connectivity index (χ2n) is 6.20. The predicted octanol–water partition coefficient (Wildman–Crippen LogP) is 2.38. The number of carboxylic acids is 1. The summed E-state index contributed by atoms with van der Waals surface area (Å²) in [4.78, 5) is 22.7. The molecule has 3 atom stereocenters. The molecular formula is C14H16F2O4. The number of halogens is 2. The first kappa shape index (κ1) is 13.5. The molecule has 4 nitrogen and oxygen atoms in total. The smallest absolute Gasteiger partial charge is 0.378 e. The third-order valence-corrected chi connectivity index (χ3v) is 5.03. The summed E-state index contributed by atoms with van der Waals surface area (Å²) in [6.45, 7) is 0.927. The average molecular weight is 286 g/mol. The molecule has 0 spiro atoms. The first-order chi connectivity index (χ1) is 9.26. The zero-order valence-electron chi connectivity index (χ0n) is 11.1. The summed E-state index contributed by atoms with van der Waals surface area (Å²) < 4.78 is 31.4. The van der Waals surface area contributed by atoms with Crippen LogP contribution in [-0.4, -0.2) is 29.1 Å². The van der Waals surface area contributed by atoms with Crippen LogP contribution in [-0.2, 0) is 14.3 Å². The van der Waals surface area contributed by atoms with Gasteiger partial charge in [-0.25, -0.2) is 4.79 Å². The molecule has 0 amide bonds. The Labute approximate surface area is 114 Å². The van der Waals surface area contributed by atoms with Crippen LogP contribution in [0, 0.1) is 17.3 Å². The van der Waals surface area contributed by atoms with Gasteiger partial charge in [-0.1, -0.05) is 11.6 Å². The molecule has 6 heteroatoms. The maximum Gasteiger partial charge on any atom is 0.378 e. The molecule has 4 bridgehead atoms. The van der Waals surface area contributed by atoms with E-state index in [1.807, 2.05) is 6.08 Å². The Morgan fingerprint density at radius 2 is 2.05 bits per heavy atom. The number of hydrogen-bond donors (Lipinski definition) is 1. The topological polar surface area (TPSA) is 63.6 Å². The highest BCUT2D eigenvalue weighted by molar-refractivity contribution is 5.81. The molecule has 1 N–H and O–H groups in total. The van der Waals surface area contributed by atoms with E-state index in [0.29, 0.717) is 31.1 Å². The fourth-order valence-electron chi connectivity index (χ4n) is 3.81. The van der Waals surface area contributed by atoms with E-state index < -0.39 is 29.4 Å². The number of rotatable bonds is 4. The lowest BCUT2D eigenvalue weighted by atomic mass is 9.48. The maximum absolute atomic E-state index is 13.3. The molecule has 0 radical (unpaired) electrons. The van der Waals surface area contributed by atoms with E-state index in [-0.39, 0.29) is 0 Å². The minimum atomic E-state index is -4.06. The lowest BCUT2D eigenvalue weighted by molar-refractivity contribution is -0.199. The van der Waals surface area contributed by atoms with Gasteiger partial charge in [0.05, 0.1) is 5.41 Å². The van der Waals surface area contributed by atoms with Crippen LogP contribution < -0.4 is 0 Å². The van der Waals surface area contributed by atoms with Gasteiger partial charge in [0, 0.05) is 0 Å². The summed E-state index contributed by atoms with van der Waals surface area (Å²) in [7, 11) is 0. The molecule has 0 aromatic heterocycles. The predicted molar refractivity (Wildman–Crippen MR) is 64.1 cm³/mol. The summed E-state index contributed by atoms with van der Waals surface area (Å²) in [6.07, 6.45) is 2.98. The van der Waals surface area contributed by atoms with Crippen molar-refractivity contribution in [2.45, 2.75) is 44.6 Å². The van der Waals surface area contributed by atoms with Crippen molar-refractivity contribution in [3.05, 3.63) is 11.6 Å². The summed E-state index contributed by atoms with van der Waals surface area (Å²) in [5.41, 5.74) is 0.696. The number of ether oxygens (including phenoxy) is 1. The summed E-state index contributed by atoms with van der Waals surface area (Å²) >= 11 is 0. The van der Waals surface area contributed by atoms with Crippen molar-refractivity contribution >= 4 is 11.9 Å². The highest BCUT2D eigenvalue weighted by Gasteiger charge is 2.58. The van der Waals surface area contributed by atoms with Gasteiger partial charge >= 0.3 is 17.9 Å². The highest BCUT2D eigenvalue weighted by Crippen LogP contribution is 2.62. The normalized spacial score (nSPS) is 35.9. The monoisotopic (exact) mass is 286 g/mol. The van der Waals surface area contributed by atoms with Gasteiger partial charge in [0.15, 0.2) is 6.10 Å². The van der Waals surface area contributed by atoms with Crippen LogP contribution >= 0.6 is 0 Å². The Hall–Kier alpha value is -1.46. The van der Waals surface area contributed by atoms with Crippen molar-refractivity contribution in [1.82, 2.24) is 0 Å². The number of hydrogen-bond acceptors (Lipinski definition) is 3. The summed E-state index contributed by atoms with van der Waals surface area (Å²) in [5, 5.41) is 8.46. The molecule has 0 aliphatic heterocycles. The van der Waals surface area contributed by atoms with E-state index >= 15 is 0 Å². The van der Waals surface area contributed by atoms with Crippen molar-refractivity contribution in [2.75, 3.05) is 0 Å². The van der Waals surface area contributed by atoms with E-state index in [1.165, 1.54) is 5.57 Å². The second kappa shape index (κ2) is 4.02. The number of allylic oxidation sites excluding steroid dienone is 2. The van der Waals surface area contributed by atoms with Crippen molar-refractivity contribution in [3.63, 3.8) is 0 Å². The SMILES string of the molecule is CC(OC(=O)C12CC=C3C(CC3C1)C2)C(F)(F)C(=O)O. The fourth-order valence-corrected chi connectivity index (χ4v) is 3.81. The highest BCUT2D eigenvalue weighted by atomic mass is 19.3. The van der Waals surface area contributed by atoms with Crippen molar-refractivity contribution in [3.8, 4) is 0 Å². The van der Waals surface area contributed by atoms with Crippen molar-refractivity contribution < 1.29 is 28.2 Å². The number of carboxylic acid groups (broad SMARTS) is 1. The minimum Gasteiger partial charge on any atom is -0.477 e. The Balaban J connectivity index is 1.72. The average Bonchev–Trinajstić information content (AvgIpc) is 2.38. The Morgan fingerprint density at radius 1 is 1.45 bits per heavy atom. The molecule has 3 fully saturated rings. The third-order valence-electron chi connectivity index (χ3n) is 5.03. The lowest BCUT2D eigenvalue weighted by Crippen LogP contribution is -2.53. The van der Waals surface area contributed by atoms with Crippen LogP contribution in [0.3, 0.4) is 0 Å². The van der Waals surface area contributed by atoms with Gasteiger partial charge in [0.2, 0.25) is 0 Å². The van der Waals surface area contributed by atoms with Gasteiger partial charge in [-0.15, -0.1) is 0 Å². The van der Waals surface area contributed by atoms with Crippen LogP contribution in [0.15, 0.2) is 11.6 Å². The summed E-state index contributed by atoms with van der Waals surface area (Å²) in [6, 6.07) is 0. The van der Waals surface area contributed by atoms with E-state index in [9.17, 15) is 18.4 Å². The standard InChI is InChI=1S/C14H16F2O4/c1-7(14(15,16)11(17)18)20-12(19)13-3-2-10-8(5-13)4-9(10)6-13/h2,7-9H,3-6H2,1H3,(H,17,18). The molecule has 0 aromatic rings. The Kier molecular flexibility index (Phi) is 2.72. The van der Waals surface area contributed by atoms with Gasteiger partial charge < -0.3 is 9.84 Å². The molecule has 3 unspecified atom stereocenters. The molecule has 0 aromatic carbocycles. The number of esters is 1. The van der Waals surface area contributed by atoms with E-state index in [4.69, 9.17) is 9.84 Å². The van der Waals surface area contributed by atoms with Gasteiger partial charge in [-0.05, 0) is 44.4 Å². The van der Waals surface area contributed by atoms with E-state index in [0.717, 1.165) is 13.3 Å². The zero-order valence-corrected chi connectivity index (χ0v) is 11.1. The molecule has 3 saturated carbocycles. The molecule has 5 rings (SSSR count). The summed E-state index contributed by atoms with van der Waals surface area (Å²) in [5.74, 6) is -6.21. The second-order valence-corrected chi connectivity index (χ2v) is 6.20. The number of alkyl halides is 2. The first-order valence-corrected chi connectivity index (χ1v) is 6.78. The van der Waals surface area contributed by atoms with E-state index in [1.54, 1.807) is 0 Å². The van der Waals surface area contributed by atoms with Gasteiger partial charge in [-0.3, -0.25) is 4.79 Å². The largest absolute Gasteiger partial charge is 0.477 e. The van der Waals surface area contributed by atoms with Crippen LogP contribution in [0.4, 0.5) is 8.78 Å². The molecule has 5 aliphatic rings. The number of carbonyl (C=O) groups is 2. The fraction of sp³-hybridized carbons (Fsp3) is 0.714. The molecular weight excluding hydrogens is 270 g/mol. The quantitative estimate of drug-likeness (QED) is 0.636. The van der Waals surface area contributed by atoms with Crippen LogP contribution in [0.2, 0.25) is 0 Å². The van der Waals surface area contributed by atoms with Crippen molar-refractivity contribution in [1.29, 1.82) is 0 Å². The van der Waals surface area contributed by atoms with Crippen molar-refractivity contribution in [2.24, 2.45) is 17.3 Å². The van der Waals surface area contributed by atoms with Crippen LogP contribution in [0.25, 0.3) is 0 Å². The van der Waals surface area contributed by atoms with Crippen LogP contribution in [0.1, 0.15) is 32.6 Å². The Bertz CT molecular complexity index is 497.